The van der Waals surface area contributed by atoms with Crippen molar-refractivity contribution < 1.29 is 23.4 Å². The van der Waals surface area contributed by atoms with E-state index < -0.39 is 24.7 Å². The number of anilines is 1. The molecule has 0 bridgehead atoms. The van der Waals surface area contributed by atoms with Gasteiger partial charge in [0.25, 0.3) is 5.91 Å². The number of hydrogen-bond donors (Lipinski definition) is 3. The topological polar surface area (TPSA) is 119 Å². The molecule has 1 aromatic carbocycles. The number of aliphatic hydroxyl groups is 1. The Balaban J connectivity index is 0.00000304. The van der Waals surface area contributed by atoms with E-state index in [-0.39, 0.29) is 45.7 Å². The van der Waals surface area contributed by atoms with Crippen molar-refractivity contribution in [1.29, 1.82) is 0 Å². The van der Waals surface area contributed by atoms with Gasteiger partial charge in [0.05, 0.1) is 24.0 Å². The lowest BCUT2D eigenvalue weighted by atomic mass is 10.0. The molecule has 14 heteroatoms. The van der Waals surface area contributed by atoms with Crippen LogP contribution in [0.2, 0.25) is 5.02 Å². The molecule has 1 fully saturated rings. The van der Waals surface area contributed by atoms with E-state index in [9.17, 15) is 18.7 Å². The van der Waals surface area contributed by atoms with Crippen LogP contribution in [0.25, 0.3) is 16.9 Å². The van der Waals surface area contributed by atoms with Gasteiger partial charge in [0.1, 0.15) is 17.0 Å². The van der Waals surface area contributed by atoms with Gasteiger partial charge in [-0.3, -0.25) is 9.48 Å². The Kier molecular flexibility index (Phi) is 7.69. The first kappa shape index (κ1) is 25.8. The fraction of sp³-hybridized carbons (Fsp3) is 0.273. The molecule has 4 aromatic rings. The van der Waals surface area contributed by atoms with Gasteiger partial charge in [-0.2, -0.15) is 19.0 Å². The third-order valence-electron chi connectivity index (χ3n) is 5.67. The monoisotopic (exact) mass is 539 g/mol. The molecule has 1 aliphatic heterocycles. The number of aliphatic hydroxyl groups excluding tert-OH is 1. The number of nitrogens with zero attached hydrogens (tertiary/aromatic N) is 5. The largest absolute Gasteiger partial charge is 0.434 e. The molecule has 2 atom stereocenters. The van der Waals surface area contributed by atoms with E-state index in [0.29, 0.717) is 25.2 Å². The van der Waals surface area contributed by atoms with Gasteiger partial charge in [0, 0.05) is 35.7 Å². The predicted molar refractivity (Wildman–Crippen MR) is 130 cm³/mol. The normalized spacial score (nSPS) is 17.7. The highest BCUT2D eigenvalue weighted by atomic mass is 35.5. The van der Waals surface area contributed by atoms with Crippen LogP contribution in [-0.4, -0.2) is 61.2 Å². The molecule has 0 spiro atoms. The van der Waals surface area contributed by atoms with E-state index in [1.165, 1.54) is 39.8 Å². The number of piperidine rings is 1. The molecule has 1 amide bonds. The molecule has 0 radical (unpaired) electrons. The second-order valence-corrected chi connectivity index (χ2v) is 8.35. The van der Waals surface area contributed by atoms with Gasteiger partial charge in [-0.05, 0) is 37.2 Å². The summed E-state index contributed by atoms with van der Waals surface area (Å²) in [5.41, 5.74) is 1.09. The van der Waals surface area contributed by atoms with E-state index in [1.54, 1.807) is 18.5 Å². The van der Waals surface area contributed by atoms with Gasteiger partial charge < -0.3 is 20.5 Å². The van der Waals surface area contributed by atoms with Crippen molar-refractivity contribution in [3.05, 3.63) is 59.6 Å². The number of halogens is 4. The molecule has 10 nitrogen and oxygen atoms in total. The predicted octanol–water partition coefficient (Wildman–Crippen LogP) is 3.42. The number of alkyl halides is 2. The summed E-state index contributed by atoms with van der Waals surface area (Å²) in [7, 11) is 0. The average Bonchev–Trinajstić information content (AvgIpc) is 3.45. The number of β-amino-alcohol motifs (C(OH)–C–C–N with tert-alkyl or cyclic N) is 1. The van der Waals surface area contributed by atoms with Gasteiger partial charge in [-0.1, -0.05) is 11.6 Å². The second-order valence-electron chi connectivity index (χ2n) is 7.92. The minimum Gasteiger partial charge on any atom is -0.434 e. The number of carbonyl (C=O) groups excluding carboxylic acids is 1. The number of ether oxygens (including phenoxy) is 1. The number of nitrogens with one attached hydrogen (secondary N) is 2. The van der Waals surface area contributed by atoms with Crippen LogP contribution in [0.3, 0.4) is 0 Å². The van der Waals surface area contributed by atoms with Gasteiger partial charge >= 0.3 is 6.61 Å². The zero-order valence-corrected chi connectivity index (χ0v) is 20.1. The van der Waals surface area contributed by atoms with Crippen LogP contribution in [0.5, 0.6) is 5.75 Å². The van der Waals surface area contributed by atoms with Crippen LogP contribution >= 0.6 is 24.0 Å². The Bertz CT molecular complexity index is 1380. The van der Waals surface area contributed by atoms with Crippen molar-refractivity contribution >= 4 is 41.2 Å². The number of hydrogen-bond acceptors (Lipinski definition) is 7. The molecule has 36 heavy (non-hydrogen) atoms. The Hall–Kier alpha value is -3.32. The summed E-state index contributed by atoms with van der Waals surface area (Å²) in [5, 5.41) is 25.3. The van der Waals surface area contributed by atoms with E-state index in [1.807, 2.05) is 0 Å². The maximum atomic E-state index is 13.2. The van der Waals surface area contributed by atoms with Crippen LogP contribution < -0.4 is 15.4 Å². The highest BCUT2D eigenvalue weighted by Gasteiger charge is 2.28. The summed E-state index contributed by atoms with van der Waals surface area (Å²) in [6.07, 6.45) is 5.96. The minimum atomic E-state index is -3.08. The number of amides is 1. The van der Waals surface area contributed by atoms with E-state index in [0.717, 1.165) is 0 Å². The summed E-state index contributed by atoms with van der Waals surface area (Å²) in [6, 6.07) is 5.44. The summed E-state index contributed by atoms with van der Waals surface area (Å²) < 4.78 is 33.9. The second kappa shape index (κ2) is 10.7. The molecule has 0 aliphatic carbocycles. The third-order valence-corrected chi connectivity index (χ3v) is 5.91. The molecule has 3 N–H and O–H groups in total. The van der Waals surface area contributed by atoms with Crippen molar-refractivity contribution in [1.82, 2.24) is 29.7 Å². The first-order valence-electron chi connectivity index (χ1n) is 10.7. The molecule has 3 aromatic heterocycles. The first-order valence-corrected chi connectivity index (χ1v) is 11.1. The van der Waals surface area contributed by atoms with Gasteiger partial charge in [-0.15, -0.1) is 12.4 Å². The maximum absolute atomic E-state index is 13.2. The number of fused-ring (bicyclic) bond motifs is 1. The third kappa shape index (κ3) is 5.12. The van der Waals surface area contributed by atoms with Crippen LogP contribution in [-0.2, 0) is 0 Å². The molecule has 1 saturated heterocycles. The van der Waals surface area contributed by atoms with Crippen molar-refractivity contribution in [2.45, 2.75) is 25.2 Å². The number of carbonyl (C=O) groups is 1. The summed E-state index contributed by atoms with van der Waals surface area (Å²) >= 11 is 6.15. The number of benzene rings is 1. The number of aromatic nitrogens is 5. The van der Waals surface area contributed by atoms with Crippen molar-refractivity contribution in [2.75, 3.05) is 18.4 Å². The summed E-state index contributed by atoms with van der Waals surface area (Å²) in [4.78, 5) is 17.4. The maximum Gasteiger partial charge on any atom is 0.387 e. The molecular weight excluding hydrogens is 519 g/mol. The zero-order valence-electron chi connectivity index (χ0n) is 18.5. The molecule has 0 unspecified atom stereocenters. The zero-order chi connectivity index (χ0) is 24.5. The highest BCUT2D eigenvalue weighted by molar-refractivity contribution is 6.31. The number of rotatable bonds is 6. The summed E-state index contributed by atoms with van der Waals surface area (Å²) in [6.45, 7) is -2.05. The lowest BCUT2D eigenvalue weighted by Crippen LogP contribution is -2.41. The molecule has 0 saturated carbocycles. The lowest BCUT2D eigenvalue weighted by molar-refractivity contribution is -0.0494. The Morgan fingerprint density at radius 2 is 2.19 bits per heavy atom. The SMILES string of the molecule is Cl.O=C(Nc1cn([C@@H]2CCNC[C@@H]2O)nc1-c1cc(Cl)ccc1OC(F)F)c1cnn2cccnc12. The highest BCUT2D eigenvalue weighted by Crippen LogP contribution is 2.38. The smallest absolute Gasteiger partial charge is 0.387 e. The van der Waals surface area contributed by atoms with Gasteiger partial charge in [0.2, 0.25) is 0 Å². The Labute approximate surface area is 214 Å². The fourth-order valence-electron chi connectivity index (χ4n) is 4.05. The molecule has 5 rings (SSSR count). The van der Waals surface area contributed by atoms with Crippen LogP contribution in [0.1, 0.15) is 22.8 Å². The lowest BCUT2D eigenvalue weighted by Gasteiger charge is -2.28. The molecule has 190 valence electrons. The van der Waals surface area contributed by atoms with E-state index >= 15 is 0 Å². The van der Waals surface area contributed by atoms with Crippen LogP contribution in [0, 0.1) is 0 Å². The van der Waals surface area contributed by atoms with E-state index in [4.69, 9.17) is 11.6 Å². The molecule has 1 aliphatic rings. The molecule has 4 heterocycles. The average molecular weight is 540 g/mol. The summed E-state index contributed by atoms with van der Waals surface area (Å²) in [5.74, 6) is -0.683. The Morgan fingerprint density at radius 3 is 2.97 bits per heavy atom. The van der Waals surface area contributed by atoms with Crippen LogP contribution in [0.4, 0.5) is 14.5 Å². The Morgan fingerprint density at radius 1 is 1.36 bits per heavy atom. The van der Waals surface area contributed by atoms with Gasteiger partial charge in [-0.25, -0.2) is 9.50 Å². The molecular formula is C22H21Cl2F2N7O3. The van der Waals surface area contributed by atoms with E-state index in [2.05, 4.69) is 30.6 Å². The van der Waals surface area contributed by atoms with Crippen LogP contribution in [0.15, 0.2) is 49.1 Å². The first-order chi connectivity index (χ1) is 16.9. The van der Waals surface area contributed by atoms with Crippen molar-refractivity contribution in [3.63, 3.8) is 0 Å². The minimum absolute atomic E-state index is 0. The van der Waals surface area contributed by atoms with Crippen molar-refractivity contribution in [2.24, 2.45) is 0 Å². The quantitative estimate of drug-likeness (QED) is 0.343. The van der Waals surface area contributed by atoms with Crippen molar-refractivity contribution in [3.8, 4) is 17.0 Å². The standard InChI is InChI=1S/C22H20ClF2N7O3.ClH/c23-12-2-3-18(35-22(24)25)13(8-12)19-15(11-32(30-19)16-4-6-26-10-17(16)33)29-21(34)14-9-28-31-7-1-5-27-20(14)31;/h1-3,5,7-9,11,16-17,22,26,33H,4,6,10H2,(H,29,34);1H/t16-,17+;/m1./s1. The van der Waals surface area contributed by atoms with Gasteiger partial charge in [0.15, 0.2) is 5.65 Å². The fourth-order valence-corrected chi connectivity index (χ4v) is 4.22.